The zero-order chi connectivity index (χ0) is 28.3. The Balaban J connectivity index is 1.13. The van der Waals surface area contributed by atoms with Gasteiger partial charge < -0.3 is 24.8 Å². The van der Waals surface area contributed by atoms with Gasteiger partial charge in [-0.2, -0.15) is 13.2 Å². The largest absolute Gasteiger partial charge is 0.454 e. The first-order chi connectivity index (χ1) is 19.2. The number of carbonyl (C=O) groups is 2. The fraction of sp³-hybridized carbons (Fsp3) is 0.310. The predicted octanol–water partition coefficient (Wildman–Crippen LogP) is 3.54. The van der Waals surface area contributed by atoms with E-state index in [0.29, 0.717) is 43.9 Å². The first-order valence-corrected chi connectivity index (χ1v) is 12.8. The number of amides is 2. The minimum atomic E-state index is -4.41. The molecule has 5 rings (SSSR count). The van der Waals surface area contributed by atoms with E-state index in [9.17, 15) is 27.9 Å². The highest BCUT2D eigenvalue weighted by molar-refractivity contribution is 5.98. The number of fused-ring (bicyclic) bond motifs is 1. The number of ether oxygens (including phenoxy) is 2. The average molecular weight is 556 g/mol. The average Bonchev–Trinajstić information content (AvgIpc) is 3.44. The molecule has 1 unspecified atom stereocenters. The molecule has 1 fully saturated rings. The lowest BCUT2D eigenvalue weighted by Gasteiger charge is -2.36. The maximum atomic E-state index is 13.0. The van der Waals surface area contributed by atoms with Crippen molar-refractivity contribution in [3.05, 3.63) is 83.4 Å². The molecule has 3 aromatic carbocycles. The summed E-state index contributed by atoms with van der Waals surface area (Å²) < 4.78 is 49.2. The van der Waals surface area contributed by atoms with Gasteiger partial charge in [0.15, 0.2) is 11.5 Å². The quantitative estimate of drug-likeness (QED) is 0.464. The highest BCUT2D eigenvalue weighted by atomic mass is 19.4. The molecule has 1 saturated heterocycles. The van der Waals surface area contributed by atoms with Crippen LogP contribution in [0.5, 0.6) is 11.5 Å². The zero-order valence-corrected chi connectivity index (χ0v) is 21.5. The molecule has 0 saturated carbocycles. The van der Waals surface area contributed by atoms with Crippen LogP contribution in [0.25, 0.3) is 11.1 Å². The Morgan fingerprint density at radius 3 is 2.12 bits per heavy atom. The van der Waals surface area contributed by atoms with Crippen LogP contribution in [0.3, 0.4) is 0 Å². The van der Waals surface area contributed by atoms with Gasteiger partial charge in [-0.3, -0.25) is 14.5 Å². The van der Waals surface area contributed by atoms with Gasteiger partial charge >= 0.3 is 6.18 Å². The van der Waals surface area contributed by atoms with Crippen LogP contribution < -0.4 is 14.8 Å². The summed E-state index contributed by atoms with van der Waals surface area (Å²) in [5, 5.41) is 12.4. The van der Waals surface area contributed by atoms with E-state index in [2.05, 4.69) is 10.2 Å². The maximum Gasteiger partial charge on any atom is 0.416 e. The third kappa shape index (κ3) is 6.21. The third-order valence-electron chi connectivity index (χ3n) is 7.01. The van der Waals surface area contributed by atoms with Gasteiger partial charge in [0.25, 0.3) is 5.91 Å². The Hall–Kier alpha value is -4.09. The molecule has 0 radical (unpaired) electrons. The Morgan fingerprint density at radius 1 is 0.875 bits per heavy atom. The van der Waals surface area contributed by atoms with Gasteiger partial charge in [-0.1, -0.05) is 30.3 Å². The number of nitrogens with one attached hydrogen (secondary N) is 1. The minimum absolute atomic E-state index is 0.218. The molecular weight excluding hydrogens is 527 g/mol. The fourth-order valence-electron chi connectivity index (χ4n) is 4.74. The first-order valence-electron chi connectivity index (χ1n) is 12.8. The molecule has 0 aliphatic carbocycles. The number of aliphatic hydroxyl groups excluding tert-OH is 1. The summed E-state index contributed by atoms with van der Waals surface area (Å²) in [7, 11) is 0. The molecule has 11 heteroatoms. The van der Waals surface area contributed by atoms with E-state index < -0.39 is 30.3 Å². The predicted molar refractivity (Wildman–Crippen MR) is 140 cm³/mol. The van der Waals surface area contributed by atoms with Crippen molar-refractivity contribution in [2.24, 2.45) is 0 Å². The molecule has 8 nitrogen and oxygen atoms in total. The number of rotatable bonds is 7. The first kappa shape index (κ1) is 27.5. The van der Waals surface area contributed by atoms with Crippen LogP contribution in [-0.4, -0.2) is 72.3 Å². The molecule has 0 aromatic heterocycles. The molecule has 40 heavy (non-hydrogen) atoms. The van der Waals surface area contributed by atoms with Crippen LogP contribution in [0.1, 0.15) is 21.5 Å². The molecule has 2 amide bonds. The molecule has 1 atom stereocenters. The van der Waals surface area contributed by atoms with E-state index in [1.165, 1.54) is 24.3 Å². The van der Waals surface area contributed by atoms with Gasteiger partial charge in [-0.25, -0.2) is 0 Å². The lowest BCUT2D eigenvalue weighted by Crippen LogP contribution is -2.55. The van der Waals surface area contributed by atoms with Crippen molar-refractivity contribution in [3.63, 3.8) is 0 Å². The Morgan fingerprint density at radius 2 is 1.50 bits per heavy atom. The third-order valence-corrected chi connectivity index (χ3v) is 7.01. The summed E-state index contributed by atoms with van der Waals surface area (Å²) in [6.07, 6.45) is -4.41. The SMILES string of the molecule is O=C(NC(CO)C(=O)N1CCN(Cc2ccc3c(c2)OCO3)CC1)c1ccc(-c2ccc(C(F)(F)F)cc2)cc1. The summed E-state index contributed by atoms with van der Waals surface area (Å²) in [4.78, 5) is 29.7. The van der Waals surface area contributed by atoms with Crippen molar-refractivity contribution < 1.29 is 37.3 Å². The van der Waals surface area contributed by atoms with E-state index in [4.69, 9.17) is 9.47 Å². The number of benzene rings is 3. The van der Waals surface area contributed by atoms with E-state index in [0.717, 1.165) is 29.2 Å². The van der Waals surface area contributed by atoms with Gasteiger partial charge in [0.2, 0.25) is 12.7 Å². The Bertz CT molecular complexity index is 1350. The van der Waals surface area contributed by atoms with E-state index in [1.807, 2.05) is 18.2 Å². The summed E-state index contributed by atoms with van der Waals surface area (Å²) in [6, 6.07) is 15.8. The second kappa shape index (κ2) is 11.6. The molecule has 2 N–H and O–H groups in total. The van der Waals surface area contributed by atoms with Gasteiger partial charge in [0.05, 0.1) is 12.2 Å². The Kier molecular flexibility index (Phi) is 7.95. The summed E-state index contributed by atoms with van der Waals surface area (Å²) >= 11 is 0. The number of carbonyl (C=O) groups excluding carboxylic acids is 2. The number of alkyl halides is 3. The van der Waals surface area contributed by atoms with Crippen molar-refractivity contribution in [3.8, 4) is 22.6 Å². The summed E-state index contributed by atoms with van der Waals surface area (Å²) in [5.41, 5.74) is 1.81. The number of halogens is 3. The molecule has 0 bridgehead atoms. The van der Waals surface area contributed by atoms with E-state index in [1.54, 1.807) is 17.0 Å². The van der Waals surface area contributed by atoms with Gasteiger partial charge in [-0.15, -0.1) is 0 Å². The smallest absolute Gasteiger partial charge is 0.416 e. The van der Waals surface area contributed by atoms with E-state index in [-0.39, 0.29) is 18.3 Å². The fourth-order valence-corrected chi connectivity index (χ4v) is 4.74. The molecule has 3 aromatic rings. The van der Waals surface area contributed by atoms with Crippen LogP contribution in [0.15, 0.2) is 66.7 Å². The zero-order valence-electron chi connectivity index (χ0n) is 21.5. The molecule has 2 aliphatic heterocycles. The molecular formula is C29H28F3N3O5. The molecule has 210 valence electrons. The highest BCUT2D eigenvalue weighted by Gasteiger charge is 2.30. The van der Waals surface area contributed by atoms with Crippen LogP contribution in [0.4, 0.5) is 13.2 Å². The van der Waals surface area contributed by atoms with Crippen LogP contribution in [0, 0.1) is 0 Å². The van der Waals surface area contributed by atoms with Crippen molar-refractivity contribution in [1.29, 1.82) is 0 Å². The van der Waals surface area contributed by atoms with E-state index >= 15 is 0 Å². The summed E-state index contributed by atoms with van der Waals surface area (Å²) in [6.45, 7) is 2.55. The van der Waals surface area contributed by atoms with Crippen LogP contribution >= 0.6 is 0 Å². The van der Waals surface area contributed by atoms with Crippen molar-refractivity contribution in [2.75, 3.05) is 39.6 Å². The minimum Gasteiger partial charge on any atom is -0.454 e. The van der Waals surface area contributed by atoms with Crippen LogP contribution in [0.2, 0.25) is 0 Å². The monoisotopic (exact) mass is 555 g/mol. The van der Waals surface area contributed by atoms with Crippen LogP contribution in [-0.2, 0) is 17.5 Å². The number of hydrogen-bond acceptors (Lipinski definition) is 6. The Labute approximate surface area is 228 Å². The number of nitrogens with zero attached hydrogens (tertiary/aromatic N) is 2. The lowest BCUT2D eigenvalue weighted by atomic mass is 10.0. The second-order valence-electron chi connectivity index (χ2n) is 9.65. The molecule has 0 spiro atoms. The molecule has 2 heterocycles. The topological polar surface area (TPSA) is 91.3 Å². The summed E-state index contributed by atoms with van der Waals surface area (Å²) in [5.74, 6) is 0.557. The van der Waals surface area contributed by atoms with Crippen molar-refractivity contribution >= 4 is 11.8 Å². The van der Waals surface area contributed by atoms with Gasteiger partial charge in [0.1, 0.15) is 6.04 Å². The second-order valence-corrected chi connectivity index (χ2v) is 9.65. The van der Waals surface area contributed by atoms with Crippen molar-refractivity contribution in [1.82, 2.24) is 15.1 Å². The lowest BCUT2D eigenvalue weighted by molar-refractivity contribution is -0.137. The molecule has 2 aliphatic rings. The van der Waals surface area contributed by atoms with Gasteiger partial charge in [-0.05, 0) is 53.1 Å². The normalized spacial score (nSPS) is 16.1. The standard InChI is InChI=1S/C29H28F3N3O5/c30-29(31,32)23-8-6-21(7-9-23)20-2-4-22(5-3-20)27(37)33-24(17-36)28(38)35-13-11-34(12-14-35)16-19-1-10-25-26(15-19)40-18-39-25/h1-10,15,24,36H,11-14,16-18H2,(H,33,37). The maximum absolute atomic E-state index is 13.0. The number of piperazine rings is 1. The van der Waals surface area contributed by atoms with Gasteiger partial charge in [0, 0.05) is 38.3 Å². The van der Waals surface area contributed by atoms with Crippen molar-refractivity contribution in [2.45, 2.75) is 18.8 Å². The number of aliphatic hydroxyl groups is 1. The highest BCUT2D eigenvalue weighted by Crippen LogP contribution is 2.33. The number of hydrogen-bond donors (Lipinski definition) is 2.